The molecule has 19 heavy (non-hydrogen) atoms. The highest BCUT2D eigenvalue weighted by atomic mass is 32.1. The topological polar surface area (TPSA) is 91.3 Å². The average molecular weight is 283 g/mol. The highest BCUT2D eigenvalue weighted by Crippen LogP contribution is 2.21. The number of hydrogen-bond donors (Lipinski definition) is 3. The molecule has 0 bridgehead atoms. The van der Waals surface area contributed by atoms with Crippen molar-refractivity contribution < 1.29 is 14.7 Å². The zero-order chi connectivity index (χ0) is 14.0. The normalized spacial score (nSPS) is 24.1. The Morgan fingerprint density at radius 3 is 2.84 bits per heavy atom. The van der Waals surface area contributed by atoms with Crippen LogP contribution in [-0.4, -0.2) is 35.1 Å². The van der Waals surface area contributed by atoms with Gasteiger partial charge >= 0.3 is 5.97 Å². The Balaban J connectivity index is 1.98. The third-order valence-electron chi connectivity index (χ3n) is 3.32. The van der Waals surface area contributed by atoms with E-state index in [0.29, 0.717) is 17.5 Å². The first-order chi connectivity index (χ1) is 8.99. The van der Waals surface area contributed by atoms with Crippen LogP contribution in [0.4, 0.5) is 0 Å². The van der Waals surface area contributed by atoms with Crippen molar-refractivity contribution in [2.24, 2.45) is 11.8 Å². The molecule has 1 fully saturated rings. The predicted molar refractivity (Wildman–Crippen MR) is 71.2 cm³/mol. The maximum Gasteiger partial charge on any atom is 0.355 e. The highest BCUT2D eigenvalue weighted by molar-refractivity contribution is 7.09. The summed E-state index contributed by atoms with van der Waals surface area (Å²) in [6, 6.07) is -0.265. The van der Waals surface area contributed by atoms with Gasteiger partial charge in [-0.05, 0) is 19.4 Å². The van der Waals surface area contributed by atoms with Gasteiger partial charge in [-0.2, -0.15) is 0 Å². The first kappa shape index (κ1) is 14.0. The zero-order valence-corrected chi connectivity index (χ0v) is 11.7. The second-order valence-electron chi connectivity index (χ2n) is 4.85. The summed E-state index contributed by atoms with van der Waals surface area (Å²) >= 11 is 1.25. The van der Waals surface area contributed by atoms with Crippen LogP contribution in [0.15, 0.2) is 5.38 Å². The third-order valence-corrected chi connectivity index (χ3v) is 4.35. The number of aromatic nitrogens is 1. The highest BCUT2D eigenvalue weighted by Gasteiger charge is 2.30. The molecule has 0 spiro atoms. The minimum absolute atomic E-state index is 0.00271. The second-order valence-corrected chi connectivity index (χ2v) is 5.74. The van der Waals surface area contributed by atoms with Crippen LogP contribution in [0.5, 0.6) is 0 Å². The third kappa shape index (κ3) is 3.10. The SMILES string of the molecule is CC(NC(=O)[C@@H]1CNC[C@H]1C)c1nc(C(=O)O)cs1. The Bertz CT molecular complexity index is 488. The number of thiazole rings is 1. The van der Waals surface area contributed by atoms with Crippen molar-refractivity contribution in [2.45, 2.75) is 19.9 Å². The number of hydrogen-bond acceptors (Lipinski definition) is 5. The minimum atomic E-state index is -1.05. The summed E-state index contributed by atoms with van der Waals surface area (Å²) in [4.78, 5) is 26.8. The number of nitrogens with one attached hydrogen (secondary N) is 2. The molecule has 0 radical (unpaired) electrons. The van der Waals surface area contributed by atoms with E-state index in [0.717, 1.165) is 6.54 Å². The fourth-order valence-corrected chi connectivity index (χ4v) is 2.93. The molecule has 1 aliphatic heterocycles. The Morgan fingerprint density at radius 1 is 1.58 bits per heavy atom. The molecule has 7 heteroatoms. The van der Waals surface area contributed by atoms with Gasteiger partial charge in [-0.15, -0.1) is 11.3 Å². The molecule has 0 aliphatic carbocycles. The number of carbonyl (C=O) groups is 2. The maximum absolute atomic E-state index is 12.1. The lowest BCUT2D eigenvalue weighted by atomic mass is 9.97. The van der Waals surface area contributed by atoms with E-state index in [-0.39, 0.29) is 23.6 Å². The number of carboxylic acids is 1. The fraction of sp³-hybridized carbons (Fsp3) is 0.583. The largest absolute Gasteiger partial charge is 0.476 e. The van der Waals surface area contributed by atoms with Crippen molar-refractivity contribution in [1.82, 2.24) is 15.6 Å². The summed E-state index contributed by atoms with van der Waals surface area (Å²) in [7, 11) is 0. The van der Waals surface area contributed by atoms with Crippen LogP contribution in [-0.2, 0) is 4.79 Å². The van der Waals surface area contributed by atoms with Gasteiger partial charge in [0.15, 0.2) is 5.69 Å². The summed E-state index contributed by atoms with van der Waals surface area (Å²) in [6.45, 7) is 5.40. The van der Waals surface area contributed by atoms with Crippen LogP contribution in [0, 0.1) is 11.8 Å². The Morgan fingerprint density at radius 2 is 2.32 bits per heavy atom. The molecule has 1 unspecified atom stereocenters. The molecule has 1 aromatic heterocycles. The standard InChI is InChI=1S/C12H17N3O3S/c1-6-3-13-4-8(6)10(16)14-7(2)11-15-9(5-19-11)12(17)18/h5-8,13H,3-4H2,1-2H3,(H,14,16)(H,17,18)/t6-,7?,8-/m1/s1. The average Bonchev–Trinajstić information content (AvgIpc) is 2.96. The quantitative estimate of drug-likeness (QED) is 0.763. The van der Waals surface area contributed by atoms with Crippen molar-refractivity contribution in [3.63, 3.8) is 0 Å². The van der Waals surface area contributed by atoms with Gasteiger partial charge in [-0.3, -0.25) is 4.79 Å². The Hall–Kier alpha value is -1.47. The molecule has 3 N–H and O–H groups in total. The smallest absolute Gasteiger partial charge is 0.355 e. The van der Waals surface area contributed by atoms with E-state index in [9.17, 15) is 9.59 Å². The Labute approximate surface area is 115 Å². The van der Waals surface area contributed by atoms with Crippen molar-refractivity contribution in [1.29, 1.82) is 0 Å². The zero-order valence-electron chi connectivity index (χ0n) is 10.8. The van der Waals surface area contributed by atoms with E-state index in [1.807, 2.05) is 13.8 Å². The molecular weight excluding hydrogens is 266 g/mol. The maximum atomic E-state index is 12.1. The molecule has 6 nitrogen and oxygen atoms in total. The van der Waals surface area contributed by atoms with Crippen molar-refractivity contribution >= 4 is 23.2 Å². The molecule has 0 saturated carbocycles. The summed E-state index contributed by atoms with van der Waals surface area (Å²) in [6.07, 6.45) is 0. The first-order valence-corrected chi connectivity index (χ1v) is 7.06. The van der Waals surface area contributed by atoms with E-state index >= 15 is 0 Å². The molecule has 1 saturated heterocycles. The number of aromatic carboxylic acids is 1. The predicted octanol–water partition coefficient (Wildman–Crippen LogP) is 0.874. The van der Waals surface area contributed by atoms with Gasteiger partial charge in [0.25, 0.3) is 0 Å². The van der Waals surface area contributed by atoms with Gasteiger partial charge in [-0.1, -0.05) is 6.92 Å². The molecule has 0 aromatic carbocycles. The van der Waals surface area contributed by atoms with Gasteiger partial charge in [0.2, 0.25) is 5.91 Å². The van der Waals surface area contributed by atoms with Gasteiger partial charge < -0.3 is 15.7 Å². The van der Waals surface area contributed by atoms with E-state index < -0.39 is 5.97 Å². The van der Waals surface area contributed by atoms with E-state index in [2.05, 4.69) is 15.6 Å². The van der Waals surface area contributed by atoms with Crippen LogP contribution in [0.1, 0.15) is 35.4 Å². The number of amides is 1. The van der Waals surface area contributed by atoms with E-state index in [1.165, 1.54) is 16.7 Å². The number of carbonyl (C=O) groups excluding carboxylic acids is 1. The molecule has 1 amide bonds. The summed E-state index contributed by atoms with van der Waals surface area (Å²) in [5, 5.41) is 17.0. The lowest BCUT2D eigenvalue weighted by Gasteiger charge is -2.17. The summed E-state index contributed by atoms with van der Waals surface area (Å²) in [5.74, 6) is -0.758. The monoisotopic (exact) mass is 283 g/mol. The molecule has 1 aliphatic rings. The van der Waals surface area contributed by atoms with Crippen molar-refractivity contribution in [3.8, 4) is 0 Å². The lowest BCUT2D eigenvalue weighted by molar-refractivity contribution is -0.126. The van der Waals surface area contributed by atoms with E-state index in [4.69, 9.17) is 5.11 Å². The van der Waals surface area contributed by atoms with Crippen LogP contribution >= 0.6 is 11.3 Å². The van der Waals surface area contributed by atoms with Gasteiger partial charge in [0, 0.05) is 11.9 Å². The van der Waals surface area contributed by atoms with Gasteiger partial charge in [-0.25, -0.2) is 9.78 Å². The molecule has 104 valence electrons. The van der Waals surface area contributed by atoms with Crippen LogP contribution in [0.3, 0.4) is 0 Å². The van der Waals surface area contributed by atoms with Crippen LogP contribution in [0.25, 0.3) is 0 Å². The van der Waals surface area contributed by atoms with Gasteiger partial charge in [0.1, 0.15) is 5.01 Å². The van der Waals surface area contributed by atoms with Crippen molar-refractivity contribution in [3.05, 3.63) is 16.1 Å². The molecule has 2 heterocycles. The molecule has 1 aromatic rings. The first-order valence-electron chi connectivity index (χ1n) is 6.19. The minimum Gasteiger partial charge on any atom is -0.476 e. The number of nitrogens with zero attached hydrogens (tertiary/aromatic N) is 1. The van der Waals surface area contributed by atoms with Crippen molar-refractivity contribution in [2.75, 3.05) is 13.1 Å². The van der Waals surface area contributed by atoms with E-state index in [1.54, 1.807) is 0 Å². The molecule has 2 rings (SSSR count). The second kappa shape index (κ2) is 5.66. The van der Waals surface area contributed by atoms with Crippen LogP contribution in [0.2, 0.25) is 0 Å². The number of carboxylic acid groups (broad SMARTS) is 1. The molecule has 3 atom stereocenters. The summed E-state index contributed by atoms with van der Waals surface area (Å²) < 4.78 is 0. The molecular formula is C12H17N3O3S. The van der Waals surface area contributed by atoms with Crippen LogP contribution < -0.4 is 10.6 Å². The van der Waals surface area contributed by atoms with Gasteiger partial charge in [0.05, 0.1) is 12.0 Å². The Kier molecular flexibility index (Phi) is 4.16. The lowest BCUT2D eigenvalue weighted by Crippen LogP contribution is -2.35. The summed E-state index contributed by atoms with van der Waals surface area (Å²) in [5.41, 5.74) is 0.0250. The number of rotatable bonds is 4. The fourth-order valence-electron chi connectivity index (χ4n) is 2.13.